The van der Waals surface area contributed by atoms with Crippen molar-refractivity contribution in [3.8, 4) is 28.4 Å². The molecule has 21 heavy (non-hydrogen) atoms. The molecule has 0 unspecified atom stereocenters. The van der Waals surface area contributed by atoms with Crippen LogP contribution in [0.15, 0.2) is 55.0 Å². The number of hydrogen-bond acceptors (Lipinski definition) is 4. The standard InChI is InChI=1S/C16H15N3O2/c1-20-15-4-3-12(11-16(15)21-2)14-7-10-18-19(14)13-5-8-17-9-6-13/h3-11H,1-2H3. The fourth-order valence-corrected chi connectivity index (χ4v) is 2.21. The molecule has 5 heteroatoms. The highest BCUT2D eigenvalue weighted by atomic mass is 16.5. The molecule has 0 spiro atoms. The number of hydrogen-bond donors (Lipinski definition) is 0. The summed E-state index contributed by atoms with van der Waals surface area (Å²) in [5.41, 5.74) is 2.93. The van der Waals surface area contributed by atoms with Crippen LogP contribution in [0.4, 0.5) is 0 Å². The molecule has 1 aromatic carbocycles. The Morgan fingerprint density at radius 3 is 2.33 bits per heavy atom. The maximum Gasteiger partial charge on any atom is 0.161 e. The fourth-order valence-electron chi connectivity index (χ4n) is 2.21. The van der Waals surface area contributed by atoms with Gasteiger partial charge >= 0.3 is 0 Å². The Morgan fingerprint density at radius 2 is 1.62 bits per heavy atom. The summed E-state index contributed by atoms with van der Waals surface area (Å²) in [5.74, 6) is 1.40. The van der Waals surface area contributed by atoms with Crippen LogP contribution in [0.2, 0.25) is 0 Å². The minimum atomic E-state index is 0.692. The van der Waals surface area contributed by atoms with Crippen molar-refractivity contribution in [3.63, 3.8) is 0 Å². The van der Waals surface area contributed by atoms with Gasteiger partial charge in [0.1, 0.15) is 0 Å². The van der Waals surface area contributed by atoms with Crippen molar-refractivity contribution >= 4 is 0 Å². The third-order valence-corrected chi connectivity index (χ3v) is 3.23. The summed E-state index contributed by atoms with van der Waals surface area (Å²) in [5, 5.41) is 4.38. The number of methoxy groups -OCH3 is 2. The number of benzene rings is 1. The van der Waals surface area contributed by atoms with E-state index < -0.39 is 0 Å². The lowest BCUT2D eigenvalue weighted by Gasteiger charge is -2.11. The van der Waals surface area contributed by atoms with Gasteiger partial charge in [0.05, 0.1) is 31.8 Å². The molecule has 0 atom stereocenters. The SMILES string of the molecule is COc1ccc(-c2ccnn2-c2ccncc2)cc1OC. The third-order valence-electron chi connectivity index (χ3n) is 3.23. The topological polar surface area (TPSA) is 49.2 Å². The van der Waals surface area contributed by atoms with Crippen molar-refractivity contribution in [1.29, 1.82) is 0 Å². The molecule has 5 nitrogen and oxygen atoms in total. The zero-order valence-electron chi connectivity index (χ0n) is 11.9. The molecule has 0 aliphatic carbocycles. The Labute approximate surface area is 122 Å². The molecular formula is C16H15N3O2. The summed E-state index contributed by atoms with van der Waals surface area (Å²) in [7, 11) is 3.25. The molecule has 0 amide bonds. The molecule has 0 radical (unpaired) electrons. The van der Waals surface area contributed by atoms with Crippen LogP contribution < -0.4 is 9.47 Å². The van der Waals surface area contributed by atoms with E-state index in [9.17, 15) is 0 Å². The van der Waals surface area contributed by atoms with Gasteiger partial charge in [0, 0.05) is 18.0 Å². The average molecular weight is 281 g/mol. The molecule has 0 fully saturated rings. The summed E-state index contributed by atoms with van der Waals surface area (Å²) >= 11 is 0. The Hall–Kier alpha value is -2.82. The lowest BCUT2D eigenvalue weighted by Crippen LogP contribution is -1.99. The molecule has 2 aromatic heterocycles. The van der Waals surface area contributed by atoms with Crippen LogP contribution in [-0.4, -0.2) is 29.0 Å². The highest BCUT2D eigenvalue weighted by Crippen LogP contribution is 2.32. The van der Waals surface area contributed by atoms with Gasteiger partial charge in [-0.05, 0) is 36.4 Å². The molecule has 0 saturated carbocycles. The van der Waals surface area contributed by atoms with E-state index in [-0.39, 0.29) is 0 Å². The van der Waals surface area contributed by atoms with Crippen LogP contribution in [0.25, 0.3) is 16.9 Å². The van der Waals surface area contributed by atoms with Crippen molar-refractivity contribution in [1.82, 2.24) is 14.8 Å². The van der Waals surface area contributed by atoms with E-state index in [0.29, 0.717) is 11.5 Å². The predicted octanol–water partition coefficient (Wildman–Crippen LogP) is 2.95. The molecule has 0 aliphatic heterocycles. The first-order chi connectivity index (χ1) is 10.3. The number of rotatable bonds is 4. The molecule has 106 valence electrons. The Balaban J connectivity index is 2.08. The minimum Gasteiger partial charge on any atom is -0.493 e. The Bertz CT molecular complexity index is 738. The van der Waals surface area contributed by atoms with Crippen LogP contribution in [0, 0.1) is 0 Å². The van der Waals surface area contributed by atoms with Gasteiger partial charge in [0.25, 0.3) is 0 Å². The number of nitrogens with zero attached hydrogens (tertiary/aromatic N) is 3. The van der Waals surface area contributed by atoms with E-state index in [4.69, 9.17) is 9.47 Å². The molecular weight excluding hydrogens is 266 g/mol. The maximum atomic E-state index is 5.36. The second-order valence-corrected chi connectivity index (χ2v) is 4.40. The van der Waals surface area contributed by atoms with Crippen molar-refractivity contribution < 1.29 is 9.47 Å². The number of pyridine rings is 1. The van der Waals surface area contributed by atoms with E-state index in [1.54, 1.807) is 32.8 Å². The van der Waals surface area contributed by atoms with Crippen LogP contribution in [0.3, 0.4) is 0 Å². The molecule has 0 saturated heterocycles. The van der Waals surface area contributed by atoms with Crippen molar-refractivity contribution in [3.05, 3.63) is 55.0 Å². The predicted molar refractivity (Wildman–Crippen MR) is 79.9 cm³/mol. The molecule has 3 aromatic rings. The van der Waals surface area contributed by atoms with Crippen LogP contribution in [0.5, 0.6) is 11.5 Å². The lowest BCUT2D eigenvalue weighted by atomic mass is 10.1. The fraction of sp³-hybridized carbons (Fsp3) is 0.125. The molecule has 3 rings (SSSR count). The van der Waals surface area contributed by atoms with Gasteiger partial charge in [0.15, 0.2) is 11.5 Å². The van der Waals surface area contributed by atoms with Crippen LogP contribution in [0.1, 0.15) is 0 Å². The largest absolute Gasteiger partial charge is 0.493 e. The van der Waals surface area contributed by atoms with Gasteiger partial charge in [-0.2, -0.15) is 5.10 Å². The summed E-state index contributed by atoms with van der Waals surface area (Å²) in [6.07, 6.45) is 5.26. The van der Waals surface area contributed by atoms with Crippen molar-refractivity contribution in [2.24, 2.45) is 0 Å². The first kappa shape index (κ1) is 13.2. The van der Waals surface area contributed by atoms with Gasteiger partial charge in [-0.1, -0.05) is 0 Å². The first-order valence-electron chi connectivity index (χ1n) is 6.50. The normalized spacial score (nSPS) is 10.4. The second-order valence-electron chi connectivity index (χ2n) is 4.40. The van der Waals surface area contributed by atoms with Crippen LogP contribution >= 0.6 is 0 Å². The van der Waals surface area contributed by atoms with E-state index in [0.717, 1.165) is 16.9 Å². The third kappa shape index (κ3) is 2.45. The summed E-state index contributed by atoms with van der Waals surface area (Å²) in [6, 6.07) is 11.6. The minimum absolute atomic E-state index is 0.692. The van der Waals surface area contributed by atoms with E-state index in [2.05, 4.69) is 10.1 Å². The maximum absolute atomic E-state index is 5.36. The molecule has 0 aliphatic rings. The second kappa shape index (κ2) is 5.66. The summed E-state index contributed by atoms with van der Waals surface area (Å²) in [4.78, 5) is 4.03. The van der Waals surface area contributed by atoms with Gasteiger partial charge in [-0.3, -0.25) is 4.98 Å². The monoisotopic (exact) mass is 281 g/mol. The quantitative estimate of drug-likeness (QED) is 0.737. The summed E-state index contributed by atoms with van der Waals surface area (Å²) in [6.45, 7) is 0. The average Bonchev–Trinajstić information content (AvgIpc) is 3.04. The van der Waals surface area contributed by atoms with Crippen molar-refractivity contribution in [2.45, 2.75) is 0 Å². The van der Waals surface area contributed by atoms with E-state index >= 15 is 0 Å². The van der Waals surface area contributed by atoms with Crippen LogP contribution in [-0.2, 0) is 0 Å². The molecule has 0 N–H and O–H groups in total. The highest BCUT2D eigenvalue weighted by molar-refractivity contribution is 5.65. The Morgan fingerprint density at radius 1 is 0.857 bits per heavy atom. The zero-order chi connectivity index (χ0) is 14.7. The molecule has 0 bridgehead atoms. The highest BCUT2D eigenvalue weighted by Gasteiger charge is 2.11. The number of ether oxygens (including phenoxy) is 2. The Kier molecular flexibility index (Phi) is 3.55. The first-order valence-corrected chi connectivity index (χ1v) is 6.50. The van der Waals surface area contributed by atoms with Crippen molar-refractivity contribution in [2.75, 3.05) is 14.2 Å². The summed E-state index contributed by atoms with van der Waals surface area (Å²) < 4.78 is 12.5. The lowest BCUT2D eigenvalue weighted by molar-refractivity contribution is 0.355. The van der Waals surface area contributed by atoms with Gasteiger partial charge in [-0.15, -0.1) is 0 Å². The smallest absolute Gasteiger partial charge is 0.161 e. The van der Waals surface area contributed by atoms with E-state index in [1.807, 2.05) is 41.1 Å². The van der Waals surface area contributed by atoms with Gasteiger partial charge < -0.3 is 9.47 Å². The van der Waals surface area contributed by atoms with E-state index in [1.165, 1.54) is 0 Å². The molecule has 2 heterocycles. The zero-order valence-corrected chi connectivity index (χ0v) is 11.9. The number of aromatic nitrogens is 3. The van der Waals surface area contributed by atoms with Gasteiger partial charge in [0.2, 0.25) is 0 Å². The van der Waals surface area contributed by atoms with Gasteiger partial charge in [-0.25, -0.2) is 4.68 Å².